The van der Waals surface area contributed by atoms with Crippen molar-refractivity contribution in [2.45, 2.75) is 69.4 Å². The van der Waals surface area contributed by atoms with Gasteiger partial charge in [-0.05, 0) is 48.4 Å². The molecule has 0 amide bonds. The Morgan fingerprint density at radius 3 is 2.40 bits per heavy atom. The zero-order valence-electron chi connectivity index (χ0n) is 26.8. The fourth-order valence-corrected chi connectivity index (χ4v) is 7.69. The number of nitrogens with zero attached hydrogens (tertiary/aromatic N) is 1. The van der Waals surface area contributed by atoms with Crippen molar-refractivity contribution in [1.82, 2.24) is 5.32 Å². The molecule has 45 heavy (non-hydrogen) atoms. The first-order valence-electron chi connectivity index (χ1n) is 17.1. The molecule has 0 radical (unpaired) electrons. The van der Waals surface area contributed by atoms with Crippen molar-refractivity contribution < 1.29 is 39.1 Å². The predicted octanol–water partition coefficient (Wildman–Crippen LogP) is 3.63. The highest BCUT2D eigenvalue weighted by Crippen LogP contribution is 2.42. The van der Waals surface area contributed by atoms with E-state index in [4.69, 9.17) is 14.2 Å². The molecule has 0 unspecified atom stereocenters. The van der Waals surface area contributed by atoms with Gasteiger partial charge in [0.25, 0.3) is 0 Å². The maximum atomic E-state index is 12.0. The highest BCUT2D eigenvalue weighted by Gasteiger charge is 2.48. The van der Waals surface area contributed by atoms with Crippen LogP contribution in [0.3, 0.4) is 0 Å². The van der Waals surface area contributed by atoms with E-state index in [0.29, 0.717) is 56.6 Å². The van der Waals surface area contributed by atoms with E-state index < -0.39 is 11.7 Å². The highest BCUT2D eigenvalue weighted by molar-refractivity contribution is 5.36. The number of fused-ring (bicyclic) bond motifs is 3. The number of hydrogen-bond donors (Lipinski definition) is 5. The maximum absolute atomic E-state index is 12.0. The van der Waals surface area contributed by atoms with Crippen LogP contribution >= 0.6 is 0 Å². The normalized spacial score (nSPS) is 25.4. The van der Waals surface area contributed by atoms with Crippen LogP contribution in [0.1, 0.15) is 67.7 Å². The molecule has 5 N–H and O–H groups in total. The third kappa shape index (κ3) is 9.05. The molecule has 3 heterocycles. The first kappa shape index (κ1) is 34.3. The van der Waals surface area contributed by atoms with Gasteiger partial charge in [0.1, 0.15) is 30.5 Å². The second kappa shape index (κ2) is 16.7. The molecule has 3 saturated heterocycles. The number of piperidine rings is 3. The Kier molecular flexibility index (Phi) is 12.7. The Bertz CT molecular complexity index is 1150. The van der Waals surface area contributed by atoms with E-state index >= 15 is 0 Å². The molecular weight excluding hydrogens is 572 g/mol. The Balaban J connectivity index is 0.947. The molecule has 0 spiro atoms. The van der Waals surface area contributed by atoms with Crippen molar-refractivity contribution >= 4 is 0 Å². The van der Waals surface area contributed by atoms with Crippen LogP contribution < -0.4 is 5.32 Å². The van der Waals surface area contributed by atoms with E-state index in [1.165, 1.54) is 44.8 Å². The van der Waals surface area contributed by atoms with Gasteiger partial charge in [0.05, 0.1) is 45.6 Å². The van der Waals surface area contributed by atoms with Crippen molar-refractivity contribution in [3.8, 4) is 5.75 Å². The minimum atomic E-state index is -0.907. The van der Waals surface area contributed by atoms with E-state index in [1.807, 2.05) is 18.2 Å². The zero-order chi connectivity index (χ0) is 31.5. The molecular formula is C36H55N2O7+. The van der Waals surface area contributed by atoms with Gasteiger partial charge in [-0.25, -0.2) is 0 Å². The molecule has 2 aromatic carbocycles. The smallest absolute Gasteiger partial charge is 0.121 e. The SMILES string of the molecule is OCc1cc([C@@H](O)CNCCOCCCOCC[N+]23CCC(CC2)[C@@H](OC[C@@](O)(c2ccccc2)C2CCCC2)C3)ccc1O. The average Bonchev–Trinajstić information content (AvgIpc) is 3.63. The summed E-state index contributed by atoms with van der Waals surface area (Å²) in [5, 5.41) is 44.4. The van der Waals surface area contributed by atoms with Crippen LogP contribution in [0, 0.1) is 11.8 Å². The van der Waals surface area contributed by atoms with Crippen LogP contribution in [0.25, 0.3) is 0 Å². The van der Waals surface area contributed by atoms with Crippen LogP contribution in [-0.2, 0) is 26.4 Å². The predicted molar refractivity (Wildman–Crippen MR) is 173 cm³/mol. The molecule has 0 aromatic heterocycles. The van der Waals surface area contributed by atoms with Gasteiger partial charge in [0.2, 0.25) is 0 Å². The highest BCUT2D eigenvalue weighted by atomic mass is 16.5. The number of phenols is 1. The number of aliphatic hydroxyl groups is 3. The number of nitrogens with one attached hydrogen (secondary N) is 1. The molecule has 2 bridgehead atoms. The molecule has 9 nitrogen and oxygen atoms in total. The molecule has 1 aliphatic carbocycles. The van der Waals surface area contributed by atoms with E-state index in [1.54, 1.807) is 12.1 Å². The number of aromatic hydroxyl groups is 1. The van der Waals surface area contributed by atoms with Crippen LogP contribution in [0.5, 0.6) is 5.75 Å². The van der Waals surface area contributed by atoms with Gasteiger partial charge >= 0.3 is 0 Å². The molecule has 4 fully saturated rings. The Morgan fingerprint density at radius 2 is 1.67 bits per heavy atom. The maximum Gasteiger partial charge on any atom is 0.121 e. The Hall–Kier alpha value is -2.08. The van der Waals surface area contributed by atoms with E-state index in [9.17, 15) is 20.4 Å². The summed E-state index contributed by atoms with van der Waals surface area (Å²) in [6.07, 6.45) is 7.22. The molecule has 3 aliphatic heterocycles. The van der Waals surface area contributed by atoms with Gasteiger partial charge in [0.15, 0.2) is 0 Å². The summed E-state index contributed by atoms with van der Waals surface area (Å²) in [4.78, 5) is 0. The largest absolute Gasteiger partial charge is 0.508 e. The number of rotatable bonds is 19. The lowest BCUT2D eigenvalue weighted by Gasteiger charge is -2.52. The molecule has 2 aromatic rings. The number of aliphatic hydroxyl groups excluding tert-OH is 2. The number of ether oxygens (including phenoxy) is 3. The topological polar surface area (TPSA) is 121 Å². The summed E-state index contributed by atoms with van der Waals surface area (Å²) in [7, 11) is 0. The fourth-order valence-electron chi connectivity index (χ4n) is 7.69. The monoisotopic (exact) mass is 627 g/mol. The fraction of sp³-hybridized carbons (Fsp3) is 0.667. The molecule has 6 rings (SSSR count). The van der Waals surface area contributed by atoms with Crippen molar-refractivity contribution in [2.75, 3.05) is 72.3 Å². The van der Waals surface area contributed by atoms with Gasteiger partial charge in [-0.3, -0.25) is 0 Å². The minimum absolute atomic E-state index is 0.0284. The van der Waals surface area contributed by atoms with E-state index in [0.717, 1.165) is 49.0 Å². The summed E-state index contributed by atoms with van der Waals surface area (Å²) in [5.41, 5.74) is 1.15. The van der Waals surface area contributed by atoms with Gasteiger partial charge < -0.3 is 44.4 Å². The number of benzene rings is 2. The molecule has 250 valence electrons. The van der Waals surface area contributed by atoms with Gasteiger partial charge in [-0.1, -0.05) is 49.2 Å². The summed E-state index contributed by atoms with van der Waals surface area (Å²) >= 11 is 0. The standard InChI is InChI=1S/C36H54N2O7/c39-26-30-23-29(11-12-33(30)40)34(41)24-37-15-21-43-19-6-20-44-22-18-38-16-13-28(14-17-38)35(25-38)45-27-36(42,32-9-4-5-10-32)31-7-2-1-3-8-31/h1-3,7-8,11-12,23,28,32,34-35,37,39,41-42H,4-6,9-10,13-22,24-27H2/p+1/t28?,34-,35-,36+,38?/m0/s1. The molecule has 1 saturated carbocycles. The summed E-state index contributed by atoms with van der Waals surface area (Å²) in [6, 6.07) is 15.0. The number of hydrogen-bond acceptors (Lipinski definition) is 8. The van der Waals surface area contributed by atoms with Gasteiger partial charge in [-0.2, -0.15) is 0 Å². The Labute approximate surface area is 268 Å². The third-order valence-corrected chi connectivity index (χ3v) is 10.6. The molecule has 3 atom stereocenters. The van der Waals surface area contributed by atoms with E-state index in [-0.39, 0.29) is 24.4 Å². The Morgan fingerprint density at radius 1 is 0.933 bits per heavy atom. The third-order valence-electron chi connectivity index (χ3n) is 10.6. The van der Waals surface area contributed by atoms with Crippen molar-refractivity contribution in [1.29, 1.82) is 0 Å². The second-order valence-electron chi connectivity index (χ2n) is 13.5. The lowest BCUT2D eigenvalue weighted by molar-refractivity contribution is -0.946. The van der Waals surface area contributed by atoms with Crippen molar-refractivity contribution in [3.63, 3.8) is 0 Å². The molecule has 9 heteroatoms. The summed E-state index contributed by atoms with van der Waals surface area (Å²) < 4.78 is 19.5. The average molecular weight is 628 g/mol. The van der Waals surface area contributed by atoms with Gasteiger partial charge in [0, 0.05) is 50.6 Å². The van der Waals surface area contributed by atoms with E-state index in [2.05, 4.69) is 17.4 Å². The first-order valence-corrected chi connectivity index (χ1v) is 17.1. The summed E-state index contributed by atoms with van der Waals surface area (Å²) in [6.45, 7) is 8.11. The molecule has 4 aliphatic rings. The van der Waals surface area contributed by atoms with Crippen LogP contribution in [0.15, 0.2) is 48.5 Å². The quantitative estimate of drug-likeness (QED) is 0.118. The van der Waals surface area contributed by atoms with Crippen LogP contribution in [-0.4, -0.2) is 103 Å². The van der Waals surface area contributed by atoms with Crippen molar-refractivity contribution in [2.24, 2.45) is 11.8 Å². The van der Waals surface area contributed by atoms with Crippen molar-refractivity contribution in [3.05, 3.63) is 65.2 Å². The first-order chi connectivity index (χ1) is 21.9. The van der Waals surface area contributed by atoms with Crippen LogP contribution in [0.4, 0.5) is 0 Å². The van der Waals surface area contributed by atoms with Gasteiger partial charge in [-0.15, -0.1) is 0 Å². The summed E-state index contributed by atoms with van der Waals surface area (Å²) in [5.74, 6) is 0.890. The zero-order valence-corrected chi connectivity index (χ0v) is 26.8. The lowest BCUT2D eigenvalue weighted by Crippen LogP contribution is -2.65. The lowest BCUT2D eigenvalue weighted by atomic mass is 9.80. The van der Waals surface area contributed by atoms with Crippen LogP contribution in [0.2, 0.25) is 0 Å². The minimum Gasteiger partial charge on any atom is -0.508 e. The second-order valence-corrected chi connectivity index (χ2v) is 13.5. The number of quaternary nitrogens is 1.